The second kappa shape index (κ2) is 9.53. The molecule has 0 bridgehead atoms. The zero-order valence-electron chi connectivity index (χ0n) is 17.3. The van der Waals surface area contributed by atoms with Crippen molar-refractivity contribution in [3.63, 3.8) is 0 Å². The number of rotatable bonds is 6. The quantitative estimate of drug-likeness (QED) is 0.417. The molecule has 3 aromatic rings. The molecule has 160 valence electrons. The standard InChI is InChI=1S/C23H22N2O6/c1-29-19-10-14(11-20(30-2)22(19)31-3)8-9-21(27)24-25-23(28)17-12-15-6-4-5-7-16(15)13-18(17)26/h4-13,26H,1-3H3,(H,24,27)(H,25,28)/b9-8+. The summed E-state index contributed by atoms with van der Waals surface area (Å²) in [5, 5.41) is 11.7. The van der Waals surface area contributed by atoms with Gasteiger partial charge in [0.1, 0.15) is 5.75 Å². The number of aromatic hydroxyl groups is 1. The maximum atomic E-state index is 12.4. The lowest BCUT2D eigenvalue weighted by Gasteiger charge is -2.12. The Labute approximate surface area is 179 Å². The number of methoxy groups -OCH3 is 3. The van der Waals surface area contributed by atoms with E-state index in [9.17, 15) is 14.7 Å². The molecule has 0 atom stereocenters. The number of carbonyl (C=O) groups excluding carboxylic acids is 2. The van der Waals surface area contributed by atoms with Crippen molar-refractivity contribution in [2.75, 3.05) is 21.3 Å². The Morgan fingerprint density at radius 1 is 0.871 bits per heavy atom. The number of amides is 2. The van der Waals surface area contributed by atoms with Gasteiger partial charge in [0, 0.05) is 6.08 Å². The zero-order chi connectivity index (χ0) is 22.4. The lowest BCUT2D eigenvalue weighted by Crippen LogP contribution is -2.40. The summed E-state index contributed by atoms with van der Waals surface area (Å²) in [5.74, 6) is -0.0587. The Balaban J connectivity index is 1.68. The molecule has 8 nitrogen and oxygen atoms in total. The van der Waals surface area contributed by atoms with E-state index in [2.05, 4.69) is 10.9 Å². The summed E-state index contributed by atoms with van der Waals surface area (Å²) in [4.78, 5) is 24.5. The Bertz CT molecular complexity index is 1130. The van der Waals surface area contributed by atoms with E-state index in [1.165, 1.54) is 39.5 Å². The van der Waals surface area contributed by atoms with Crippen molar-refractivity contribution < 1.29 is 28.9 Å². The van der Waals surface area contributed by atoms with Crippen LogP contribution in [-0.4, -0.2) is 38.3 Å². The van der Waals surface area contributed by atoms with E-state index in [4.69, 9.17) is 14.2 Å². The minimum Gasteiger partial charge on any atom is -0.507 e. The van der Waals surface area contributed by atoms with E-state index in [-0.39, 0.29) is 11.3 Å². The number of ether oxygens (including phenoxy) is 3. The Hall–Kier alpha value is -4.20. The summed E-state index contributed by atoms with van der Waals surface area (Å²) >= 11 is 0. The first kappa shape index (κ1) is 21.5. The first-order chi connectivity index (χ1) is 15.0. The third-order valence-electron chi connectivity index (χ3n) is 4.52. The van der Waals surface area contributed by atoms with Gasteiger partial charge in [-0.05, 0) is 46.7 Å². The van der Waals surface area contributed by atoms with Crippen LogP contribution in [0.15, 0.2) is 54.6 Å². The molecule has 0 aliphatic heterocycles. The number of carbonyl (C=O) groups is 2. The van der Waals surface area contributed by atoms with Crippen LogP contribution < -0.4 is 25.1 Å². The normalized spacial score (nSPS) is 10.7. The van der Waals surface area contributed by atoms with Crippen LogP contribution in [0.2, 0.25) is 0 Å². The van der Waals surface area contributed by atoms with Crippen LogP contribution >= 0.6 is 0 Å². The fourth-order valence-electron chi connectivity index (χ4n) is 3.01. The highest BCUT2D eigenvalue weighted by Gasteiger charge is 2.14. The van der Waals surface area contributed by atoms with Crippen LogP contribution in [0.25, 0.3) is 16.8 Å². The fourth-order valence-corrected chi connectivity index (χ4v) is 3.01. The van der Waals surface area contributed by atoms with Gasteiger partial charge in [-0.15, -0.1) is 0 Å². The summed E-state index contributed by atoms with van der Waals surface area (Å²) in [5.41, 5.74) is 5.24. The second-order valence-electron chi connectivity index (χ2n) is 6.45. The molecule has 0 aliphatic rings. The molecule has 8 heteroatoms. The van der Waals surface area contributed by atoms with Crippen LogP contribution in [0.1, 0.15) is 15.9 Å². The van der Waals surface area contributed by atoms with Crippen LogP contribution in [-0.2, 0) is 4.79 Å². The second-order valence-corrected chi connectivity index (χ2v) is 6.45. The van der Waals surface area contributed by atoms with Gasteiger partial charge in [-0.25, -0.2) is 0 Å². The van der Waals surface area contributed by atoms with Crippen molar-refractivity contribution in [2.45, 2.75) is 0 Å². The highest BCUT2D eigenvalue weighted by atomic mass is 16.5. The third kappa shape index (κ3) is 4.87. The minimum absolute atomic E-state index is 0.0487. The van der Waals surface area contributed by atoms with Gasteiger partial charge in [0.15, 0.2) is 11.5 Å². The SMILES string of the molecule is COc1cc(/C=C/C(=O)NNC(=O)c2cc3ccccc3cc2O)cc(OC)c1OC. The van der Waals surface area contributed by atoms with Crippen molar-refractivity contribution in [3.8, 4) is 23.0 Å². The maximum absolute atomic E-state index is 12.4. The number of hydrazine groups is 1. The molecule has 0 aliphatic carbocycles. The first-order valence-electron chi connectivity index (χ1n) is 9.27. The molecule has 0 unspecified atom stereocenters. The zero-order valence-corrected chi connectivity index (χ0v) is 17.3. The molecule has 0 heterocycles. The van der Waals surface area contributed by atoms with Gasteiger partial charge in [-0.1, -0.05) is 24.3 Å². The Morgan fingerprint density at radius 2 is 1.48 bits per heavy atom. The lowest BCUT2D eigenvalue weighted by molar-refractivity contribution is -0.117. The molecule has 31 heavy (non-hydrogen) atoms. The molecule has 3 aromatic carbocycles. The summed E-state index contributed by atoms with van der Waals surface area (Å²) in [6.45, 7) is 0. The van der Waals surface area contributed by atoms with Gasteiger partial charge in [-0.2, -0.15) is 0 Å². The number of fused-ring (bicyclic) bond motifs is 1. The van der Waals surface area contributed by atoms with Crippen LogP contribution in [0.4, 0.5) is 0 Å². The minimum atomic E-state index is -0.641. The van der Waals surface area contributed by atoms with Gasteiger partial charge >= 0.3 is 0 Å². The van der Waals surface area contributed by atoms with E-state index in [1.807, 2.05) is 24.3 Å². The number of hydrogen-bond donors (Lipinski definition) is 3. The van der Waals surface area contributed by atoms with Crippen molar-refractivity contribution in [3.05, 3.63) is 65.7 Å². The molecule has 0 radical (unpaired) electrons. The number of phenols is 1. The van der Waals surface area contributed by atoms with Gasteiger partial charge in [0.2, 0.25) is 5.75 Å². The molecular formula is C23H22N2O6. The fraction of sp³-hybridized carbons (Fsp3) is 0.130. The van der Waals surface area contributed by atoms with Crippen LogP contribution in [0.5, 0.6) is 23.0 Å². The topological polar surface area (TPSA) is 106 Å². The van der Waals surface area contributed by atoms with E-state index < -0.39 is 11.8 Å². The Morgan fingerprint density at radius 3 is 2.06 bits per heavy atom. The predicted molar refractivity (Wildman–Crippen MR) is 116 cm³/mol. The maximum Gasteiger partial charge on any atom is 0.273 e. The summed E-state index contributed by atoms with van der Waals surface area (Å²) in [6.07, 6.45) is 2.76. The number of phenolic OH excluding ortho intramolecular Hbond substituents is 1. The highest BCUT2D eigenvalue weighted by Crippen LogP contribution is 2.38. The monoisotopic (exact) mass is 422 g/mol. The average Bonchev–Trinajstić information content (AvgIpc) is 2.79. The van der Waals surface area contributed by atoms with E-state index in [1.54, 1.807) is 18.2 Å². The summed E-state index contributed by atoms with van der Waals surface area (Å²) < 4.78 is 15.8. The largest absolute Gasteiger partial charge is 0.507 e. The Kier molecular flexibility index (Phi) is 6.61. The van der Waals surface area contributed by atoms with Gasteiger partial charge in [-0.3, -0.25) is 20.4 Å². The molecular weight excluding hydrogens is 400 g/mol. The van der Waals surface area contributed by atoms with Crippen molar-refractivity contribution in [1.82, 2.24) is 10.9 Å². The van der Waals surface area contributed by atoms with Crippen molar-refractivity contribution >= 4 is 28.7 Å². The molecule has 0 saturated carbocycles. The van der Waals surface area contributed by atoms with Crippen LogP contribution in [0.3, 0.4) is 0 Å². The molecule has 0 spiro atoms. The van der Waals surface area contributed by atoms with Crippen molar-refractivity contribution in [2.24, 2.45) is 0 Å². The summed E-state index contributed by atoms with van der Waals surface area (Å²) in [6, 6.07) is 13.7. The highest BCUT2D eigenvalue weighted by molar-refractivity contribution is 6.03. The van der Waals surface area contributed by atoms with Gasteiger partial charge < -0.3 is 19.3 Å². The molecule has 2 amide bonds. The lowest BCUT2D eigenvalue weighted by atomic mass is 10.1. The summed E-state index contributed by atoms with van der Waals surface area (Å²) in [7, 11) is 4.49. The molecule has 0 aromatic heterocycles. The smallest absolute Gasteiger partial charge is 0.273 e. The van der Waals surface area contributed by atoms with Gasteiger partial charge in [0.25, 0.3) is 11.8 Å². The number of benzene rings is 3. The number of nitrogens with one attached hydrogen (secondary N) is 2. The van der Waals surface area contributed by atoms with E-state index >= 15 is 0 Å². The predicted octanol–water partition coefficient (Wildman–Crippen LogP) is 3.05. The molecule has 3 N–H and O–H groups in total. The molecule has 0 fully saturated rings. The van der Waals surface area contributed by atoms with E-state index in [0.717, 1.165) is 10.8 Å². The first-order valence-corrected chi connectivity index (χ1v) is 9.27. The van der Waals surface area contributed by atoms with Crippen LogP contribution in [0, 0.1) is 0 Å². The van der Waals surface area contributed by atoms with E-state index in [0.29, 0.717) is 22.8 Å². The molecule has 3 rings (SSSR count). The van der Waals surface area contributed by atoms with Crippen molar-refractivity contribution in [1.29, 1.82) is 0 Å². The average molecular weight is 422 g/mol. The molecule has 0 saturated heterocycles. The number of hydrogen-bond acceptors (Lipinski definition) is 6. The van der Waals surface area contributed by atoms with Gasteiger partial charge in [0.05, 0.1) is 26.9 Å². The third-order valence-corrected chi connectivity index (χ3v) is 4.52.